The third kappa shape index (κ3) is 2.13. The van der Waals surface area contributed by atoms with Crippen molar-refractivity contribution in [3.63, 3.8) is 0 Å². The average Bonchev–Trinajstić information content (AvgIpc) is 2.11. The second-order valence-electron chi connectivity index (χ2n) is 2.45. The zero-order chi connectivity index (χ0) is 10.7. The zero-order valence-corrected chi connectivity index (χ0v) is 9.74. The third-order valence-corrected chi connectivity index (χ3v) is 2.84. The van der Waals surface area contributed by atoms with Crippen LogP contribution in [0.25, 0.3) is 0 Å². The molecule has 0 heterocycles. The molecule has 1 aromatic carbocycles. The number of halogens is 2. The highest BCUT2D eigenvalue weighted by molar-refractivity contribution is 14.1. The van der Waals surface area contributed by atoms with Gasteiger partial charge < -0.3 is 0 Å². The fourth-order valence-electron chi connectivity index (χ4n) is 1.03. The van der Waals surface area contributed by atoms with Crippen molar-refractivity contribution < 1.29 is 4.92 Å². The minimum atomic E-state index is -0.514. The summed E-state index contributed by atoms with van der Waals surface area (Å²) in [6, 6.07) is 4.97. The highest BCUT2D eigenvalue weighted by Gasteiger charge is 2.20. The van der Waals surface area contributed by atoms with Crippen LogP contribution in [0.1, 0.15) is 5.56 Å². The Bertz CT molecular complexity index is 428. The van der Waals surface area contributed by atoms with Crippen LogP contribution in [-0.4, -0.2) is 4.92 Å². The lowest BCUT2D eigenvalue weighted by molar-refractivity contribution is -0.386. The Morgan fingerprint density at radius 2 is 2.29 bits per heavy atom. The van der Waals surface area contributed by atoms with E-state index in [1.807, 2.05) is 28.7 Å². The molecule has 0 N–H and O–H groups in total. The lowest BCUT2D eigenvalue weighted by Gasteiger charge is -2.02. The van der Waals surface area contributed by atoms with Crippen LogP contribution < -0.4 is 0 Å². The summed E-state index contributed by atoms with van der Waals surface area (Å²) in [6.07, 6.45) is -0.0496. The SMILES string of the molecule is N#CCc1c(Cl)ccc(I)c1[N+](=O)[O-]. The molecule has 0 fully saturated rings. The Labute approximate surface area is 98.8 Å². The fraction of sp³-hybridized carbons (Fsp3) is 0.125. The molecule has 0 unspecified atom stereocenters. The van der Waals surface area contributed by atoms with E-state index in [9.17, 15) is 10.1 Å². The number of benzene rings is 1. The minimum absolute atomic E-state index is 0.0496. The van der Waals surface area contributed by atoms with Gasteiger partial charge in [0.1, 0.15) is 0 Å². The highest BCUT2D eigenvalue weighted by atomic mass is 127. The van der Waals surface area contributed by atoms with Crippen molar-refractivity contribution in [2.45, 2.75) is 6.42 Å². The van der Waals surface area contributed by atoms with Gasteiger partial charge in [-0.25, -0.2) is 0 Å². The van der Waals surface area contributed by atoms with Gasteiger partial charge in [0, 0.05) is 0 Å². The molecule has 0 aliphatic heterocycles. The monoisotopic (exact) mass is 322 g/mol. The molecule has 0 radical (unpaired) electrons. The van der Waals surface area contributed by atoms with Gasteiger partial charge in [-0.2, -0.15) is 5.26 Å². The molecule has 0 spiro atoms. The van der Waals surface area contributed by atoms with Crippen molar-refractivity contribution in [1.82, 2.24) is 0 Å². The number of hydrogen-bond donors (Lipinski definition) is 0. The number of hydrogen-bond acceptors (Lipinski definition) is 3. The molecular weight excluding hydrogens is 318 g/mol. The molecule has 1 aromatic rings. The van der Waals surface area contributed by atoms with Gasteiger partial charge in [0.25, 0.3) is 5.69 Å². The first-order chi connectivity index (χ1) is 6.57. The van der Waals surface area contributed by atoms with Crippen molar-refractivity contribution in [1.29, 1.82) is 5.26 Å². The lowest BCUT2D eigenvalue weighted by Crippen LogP contribution is -1.98. The first kappa shape index (κ1) is 11.2. The first-order valence-corrected chi connectivity index (χ1v) is 5.01. The molecule has 1 rings (SSSR count). The summed E-state index contributed by atoms with van der Waals surface area (Å²) in [5.74, 6) is 0. The van der Waals surface area contributed by atoms with Crippen LogP contribution in [0.4, 0.5) is 5.69 Å². The number of rotatable bonds is 2. The maximum atomic E-state index is 10.7. The van der Waals surface area contributed by atoms with Crippen LogP contribution in [0, 0.1) is 25.0 Å². The Morgan fingerprint density at radius 3 is 2.79 bits per heavy atom. The second-order valence-corrected chi connectivity index (χ2v) is 4.02. The Balaban J connectivity index is 3.43. The molecule has 14 heavy (non-hydrogen) atoms. The number of nitriles is 1. The van der Waals surface area contributed by atoms with E-state index in [1.54, 1.807) is 12.1 Å². The standard InChI is InChI=1S/C8H4ClIN2O2/c9-6-1-2-7(10)8(12(13)14)5(6)3-4-11/h1-2H,3H2. The van der Waals surface area contributed by atoms with Crippen molar-refractivity contribution in [3.05, 3.63) is 36.4 Å². The topological polar surface area (TPSA) is 66.9 Å². The van der Waals surface area contributed by atoms with E-state index in [4.69, 9.17) is 16.9 Å². The van der Waals surface area contributed by atoms with Gasteiger partial charge >= 0.3 is 0 Å². The first-order valence-electron chi connectivity index (χ1n) is 3.56. The smallest absolute Gasteiger partial charge is 0.258 e. The lowest BCUT2D eigenvalue weighted by atomic mass is 10.1. The van der Waals surface area contributed by atoms with E-state index in [2.05, 4.69) is 0 Å². The van der Waals surface area contributed by atoms with Gasteiger partial charge in [-0.15, -0.1) is 0 Å². The zero-order valence-electron chi connectivity index (χ0n) is 6.83. The van der Waals surface area contributed by atoms with E-state index in [-0.39, 0.29) is 22.7 Å². The molecule has 72 valence electrons. The molecule has 6 heteroatoms. The number of nitro groups is 1. The van der Waals surface area contributed by atoms with E-state index in [1.165, 1.54) is 0 Å². The van der Waals surface area contributed by atoms with E-state index < -0.39 is 4.92 Å². The van der Waals surface area contributed by atoms with Crippen LogP contribution in [0.3, 0.4) is 0 Å². The van der Waals surface area contributed by atoms with Crippen LogP contribution in [0.5, 0.6) is 0 Å². The molecule has 0 saturated carbocycles. The Hall–Kier alpha value is -0.870. The summed E-state index contributed by atoms with van der Waals surface area (Å²) in [6.45, 7) is 0. The normalized spacial score (nSPS) is 9.50. The molecule has 0 aromatic heterocycles. The maximum absolute atomic E-state index is 10.7. The molecule has 0 aliphatic rings. The highest BCUT2D eigenvalue weighted by Crippen LogP contribution is 2.31. The van der Waals surface area contributed by atoms with Crippen LogP contribution in [-0.2, 0) is 6.42 Å². The predicted octanol–water partition coefficient (Wildman–Crippen LogP) is 2.92. The quantitative estimate of drug-likeness (QED) is 0.477. The molecule has 0 atom stereocenters. The van der Waals surface area contributed by atoms with Crippen molar-refractivity contribution in [3.8, 4) is 6.07 Å². The van der Waals surface area contributed by atoms with E-state index in [0.717, 1.165) is 0 Å². The van der Waals surface area contributed by atoms with Gasteiger partial charge in [-0.05, 0) is 34.7 Å². The van der Waals surface area contributed by atoms with E-state index in [0.29, 0.717) is 3.57 Å². The molecule has 4 nitrogen and oxygen atoms in total. The van der Waals surface area contributed by atoms with Gasteiger partial charge in [0.2, 0.25) is 0 Å². The molecule has 0 saturated heterocycles. The summed E-state index contributed by atoms with van der Waals surface area (Å²) in [4.78, 5) is 10.2. The molecule has 0 aliphatic carbocycles. The summed E-state index contributed by atoms with van der Waals surface area (Å²) < 4.78 is 0.488. The van der Waals surface area contributed by atoms with E-state index >= 15 is 0 Å². The Kier molecular flexibility index (Phi) is 3.66. The summed E-state index contributed by atoms with van der Waals surface area (Å²) in [5.41, 5.74) is 0.214. The van der Waals surface area contributed by atoms with Crippen LogP contribution in [0.15, 0.2) is 12.1 Å². The fourth-order valence-corrected chi connectivity index (χ4v) is 1.95. The predicted molar refractivity (Wildman–Crippen MR) is 60.1 cm³/mol. The van der Waals surface area contributed by atoms with Gasteiger partial charge in [0.05, 0.1) is 31.6 Å². The van der Waals surface area contributed by atoms with Crippen molar-refractivity contribution in [2.75, 3.05) is 0 Å². The van der Waals surface area contributed by atoms with Gasteiger partial charge in [-0.3, -0.25) is 10.1 Å². The maximum Gasteiger partial charge on any atom is 0.288 e. The summed E-state index contributed by atoms with van der Waals surface area (Å²) in [7, 11) is 0. The molecule has 0 amide bonds. The largest absolute Gasteiger partial charge is 0.288 e. The third-order valence-electron chi connectivity index (χ3n) is 1.61. The van der Waals surface area contributed by atoms with Gasteiger partial charge in [-0.1, -0.05) is 11.6 Å². The molecular formula is C8H4ClIN2O2. The Morgan fingerprint density at radius 1 is 1.64 bits per heavy atom. The minimum Gasteiger partial charge on any atom is -0.258 e. The molecule has 0 bridgehead atoms. The van der Waals surface area contributed by atoms with Gasteiger partial charge in [0.15, 0.2) is 0 Å². The second kappa shape index (κ2) is 4.57. The summed E-state index contributed by atoms with van der Waals surface area (Å²) >= 11 is 7.61. The van der Waals surface area contributed by atoms with Crippen molar-refractivity contribution >= 4 is 39.9 Å². The van der Waals surface area contributed by atoms with Crippen molar-refractivity contribution in [2.24, 2.45) is 0 Å². The number of nitrogens with zero attached hydrogens (tertiary/aromatic N) is 2. The average molecular weight is 322 g/mol. The van der Waals surface area contributed by atoms with Crippen LogP contribution >= 0.6 is 34.2 Å². The van der Waals surface area contributed by atoms with Crippen LogP contribution in [0.2, 0.25) is 5.02 Å². The number of nitro benzene ring substituents is 1. The summed E-state index contributed by atoms with van der Waals surface area (Å²) in [5, 5.41) is 19.5.